The van der Waals surface area contributed by atoms with Gasteiger partial charge >= 0.3 is 0 Å². The molecule has 0 bridgehead atoms. The molecule has 0 atom stereocenters. The number of nitrogens with zero attached hydrogens (tertiary/aromatic N) is 8. The molecule has 0 amide bonds. The highest BCUT2D eigenvalue weighted by atomic mass is 15.1. The molecule has 0 aliphatic carbocycles. The molecular formula is C85H57BN8. The number of fused-ring (bicyclic) bond motifs is 16. The zero-order valence-corrected chi connectivity index (χ0v) is 51.9. The minimum atomic E-state index is -0.292. The maximum absolute atomic E-state index is 5.73. The molecule has 0 aliphatic heterocycles. The molecule has 0 aliphatic rings. The predicted octanol–water partition coefficient (Wildman–Crippen LogP) is 18.7. The molecule has 19 aromatic rings. The van der Waals surface area contributed by atoms with Crippen molar-refractivity contribution in [2.45, 2.75) is 20.8 Å². The van der Waals surface area contributed by atoms with Gasteiger partial charge in [0.25, 0.3) is 6.71 Å². The summed E-state index contributed by atoms with van der Waals surface area (Å²) in [5.74, 6) is 1.76. The number of para-hydroxylation sites is 6. The van der Waals surface area contributed by atoms with Gasteiger partial charge < -0.3 is 9.13 Å². The fourth-order valence-electron chi connectivity index (χ4n) is 15.6. The van der Waals surface area contributed by atoms with Crippen LogP contribution in [-0.4, -0.2) is 44.9 Å². The molecule has 8 aromatic heterocycles. The summed E-state index contributed by atoms with van der Waals surface area (Å²) in [6.07, 6.45) is 0. The van der Waals surface area contributed by atoms with Crippen LogP contribution in [0.25, 0.3) is 155 Å². The van der Waals surface area contributed by atoms with Gasteiger partial charge in [-0.15, -0.1) is 0 Å². The summed E-state index contributed by atoms with van der Waals surface area (Å²) in [7, 11) is 0. The maximum Gasteiger partial charge on any atom is 0.288 e. The molecule has 8 nitrogen and oxygen atoms in total. The molecule has 0 saturated heterocycles. The maximum atomic E-state index is 5.73. The fraction of sp³-hybridized carbons (Fsp3) is 0.0353. The van der Waals surface area contributed by atoms with Crippen LogP contribution in [0, 0.1) is 20.8 Å². The van der Waals surface area contributed by atoms with Gasteiger partial charge in [0.15, 0.2) is 0 Å². The van der Waals surface area contributed by atoms with Crippen molar-refractivity contribution < 1.29 is 0 Å². The van der Waals surface area contributed by atoms with Crippen molar-refractivity contribution >= 4 is 132 Å². The quantitative estimate of drug-likeness (QED) is 0.135. The Hall–Kier alpha value is -12.2. The molecule has 0 unspecified atom stereocenters. The van der Waals surface area contributed by atoms with Crippen LogP contribution in [0.15, 0.2) is 291 Å². The molecule has 0 saturated carbocycles. The largest absolute Gasteiger partial charge is 0.307 e. The SMILES string of the molecule is Cc1cc(C)c(B(c2cccc(-c3cccc(-n4c5ccccc5c5ccc6c7ccccc7n(-c7ccc8ccccc8n7)c6c54)c3)n2)c2cccc(-c3cccc(-n4c5ccccc5c5ccc6c7ccccc7n(-c7ccc8ccccc8n7)c6c54)c3)n2)c(C)c1. The minimum Gasteiger partial charge on any atom is -0.307 e. The molecule has 9 heteroatoms. The Bertz CT molecular complexity index is 6000. The summed E-state index contributed by atoms with van der Waals surface area (Å²) in [4.78, 5) is 22.1. The van der Waals surface area contributed by atoms with Gasteiger partial charge in [-0.1, -0.05) is 204 Å². The zero-order chi connectivity index (χ0) is 62.3. The third kappa shape index (κ3) is 8.20. The van der Waals surface area contributed by atoms with Gasteiger partial charge in [0.1, 0.15) is 11.6 Å². The number of rotatable bonds is 9. The number of aromatic nitrogens is 8. The van der Waals surface area contributed by atoms with Crippen LogP contribution in [-0.2, 0) is 0 Å². The van der Waals surface area contributed by atoms with Crippen LogP contribution in [0.2, 0.25) is 0 Å². The van der Waals surface area contributed by atoms with Crippen molar-refractivity contribution in [1.29, 1.82) is 0 Å². The van der Waals surface area contributed by atoms with Crippen molar-refractivity contribution in [3.8, 4) is 45.5 Å². The van der Waals surface area contributed by atoms with E-state index in [1.54, 1.807) is 0 Å². The number of hydrogen-bond donors (Lipinski definition) is 0. The Balaban J connectivity index is 0.758. The van der Waals surface area contributed by atoms with E-state index in [9.17, 15) is 0 Å². The van der Waals surface area contributed by atoms with Gasteiger partial charge in [0, 0.05) is 87.6 Å². The van der Waals surface area contributed by atoms with Gasteiger partial charge in [0.05, 0.1) is 66.6 Å². The van der Waals surface area contributed by atoms with Gasteiger partial charge in [-0.05, 0) is 130 Å². The first-order chi connectivity index (χ1) is 46.4. The topological polar surface area (TPSA) is 71.3 Å². The first-order valence-electron chi connectivity index (χ1n) is 32.2. The highest BCUT2D eigenvalue weighted by molar-refractivity contribution is 6.95. The second-order valence-corrected chi connectivity index (χ2v) is 25.1. The lowest BCUT2D eigenvalue weighted by Crippen LogP contribution is -2.56. The number of aryl methyl sites for hydroxylation is 3. The van der Waals surface area contributed by atoms with E-state index in [2.05, 4.69) is 330 Å². The summed E-state index contributed by atoms with van der Waals surface area (Å²) in [5.41, 5.74) is 23.4. The van der Waals surface area contributed by atoms with Crippen molar-refractivity contribution in [2.75, 3.05) is 0 Å². The molecule has 0 N–H and O–H groups in total. The molecule has 8 heterocycles. The summed E-state index contributed by atoms with van der Waals surface area (Å²) >= 11 is 0. The molecule has 11 aromatic carbocycles. The van der Waals surface area contributed by atoms with E-state index >= 15 is 0 Å². The van der Waals surface area contributed by atoms with Gasteiger partial charge in [-0.2, -0.15) is 0 Å². The highest BCUT2D eigenvalue weighted by Crippen LogP contribution is 2.44. The zero-order valence-electron chi connectivity index (χ0n) is 51.9. The van der Waals surface area contributed by atoms with Gasteiger partial charge in [0.2, 0.25) is 0 Å². The molecule has 0 spiro atoms. The number of hydrogen-bond acceptors (Lipinski definition) is 4. The Morgan fingerprint density at radius 1 is 0.277 bits per heavy atom. The van der Waals surface area contributed by atoms with E-state index in [1.165, 1.54) is 65.2 Å². The Morgan fingerprint density at radius 2 is 0.638 bits per heavy atom. The molecule has 94 heavy (non-hydrogen) atoms. The van der Waals surface area contributed by atoms with E-state index in [1.807, 2.05) is 0 Å². The Kier molecular flexibility index (Phi) is 11.9. The lowest BCUT2D eigenvalue weighted by molar-refractivity contribution is 1.09. The van der Waals surface area contributed by atoms with E-state index in [0.29, 0.717) is 0 Å². The Morgan fingerprint density at radius 3 is 1.06 bits per heavy atom. The first-order valence-corrected chi connectivity index (χ1v) is 32.2. The molecular weight excluding hydrogens is 1140 g/mol. The molecule has 0 fully saturated rings. The van der Waals surface area contributed by atoms with E-state index < -0.39 is 0 Å². The van der Waals surface area contributed by atoms with Crippen LogP contribution < -0.4 is 16.6 Å². The second kappa shape index (κ2) is 20.9. The van der Waals surface area contributed by atoms with E-state index in [-0.39, 0.29) is 6.71 Å². The first kappa shape index (κ1) is 53.6. The lowest BCUT2D eigenvalue weighted by atomic mass is 9.38. The third-order valence-electron chi connectivity index (χ3n) is 19.5. The van der Waals surface area contributed by atoms with Gasteiger partial charge in [-0.25, -0.2) is 9.97 Å². The van der Waals surface area contributed by atoms with Gasteiger partial charge in [-0.3, -0.25) is 19.1 Å². The van der Waals surface area contributed by atoms with Crippen molar-refractivity contribution in [2.24, 2.45) is 0 Å². The predicted molar refractivity (Wildman–Crippen MR) is 393 cm³/mol. The van der Waals surface area contributed by atoms with Crippen LogP contribution >= 0.6 is 0 Å². The van der Waals surface area contributed by atoms with Crippen LogP contribution in [0.4, 0.5) is 0 Å². The normalized spacial score (nSPS) is 12.0. The lowest BCUT2D eigenvalue weighted by Gasteiger charge is -2.21. The van der Waals surface area contributed by atoms with E-state index in [0.717, 1.165) is 123 Å². The Labute approximate surface area is 541 Å². The molecule has 0 radical (unpaired) electrons. The standard InChI is InChI=1S/C85H57BN8/c1-52-48-53(2)81(54(3)49-52)86(77-38-18-32-71(87-77)57-22-16-24-59(50-57)91-73-34-12-6-26-61(73)65-42-44-67-63-28-8-14-36-75(63)93(84(67)82(65)91)79-46-40-55-20-4-10-30-69(55)89-79)78-39-19-33-72(88-78)58-23-17-25-60(51-58)92-74-35-13-7-27-62(74)66-43-45-68-64-29-9-15-37-76(64)94(85(68)83(66)92)80-47-41-56-21-5-11-31-70(56)90-80/h4-51H,1-3H3. The van der Waals surface area contributed by atoms with Crippen molar-refractivity contribution in [3.05, 3.63) is 308 Å². The molecule has 19 rings (SSSR count). The number of benzene rings is 11. The monoisotopic (exact) mass is 1200 g/mol. The van der Waals surface area contributed by atoms with Crippen LogP contribution in [0.3, 0.4) is 0 Å². The van der Waals surface area contributed by atoms with Crippen LogP contribution in [0.1, 0.15) is 16.7 Å². The average molecular weight is 1200 g/mol. The fourth-order valence-corrected chi connectivity index (χ4v) is 15.6. The summed E-state index contributed by atoms with van der Waals surface area (Å²) < 4.78 is 9.64. The smallest absolute Gasteiger partial charge is 0.288 e. The summed E-state index contributed by atoms with van der Waals surface area (Å²) in [5, 5.41) is 11.6. The van der Waals surface area contributed by atoms with Crippen molar-refractivity contribution in [3.63, 3.8) is 0 Å². The highest BCUT2D eigenvalue weighted by Gasteiger charge is 2.30. The van der Waals surface area contributed by atoms with Crippen LogP contribution in [0.5, 0.6) is 0 Å². The summed E-state index contributed by atoms with van der Waals surface area (Å²) in [6, 6.07) is 105. The third-order valence-corrected chi connectivity index (χ3v) is 19.5. The number of pyridine rings is 4. The second-order valence-electron chi connectivity index (χ2n) is 25.1. The summed E-state index contributed by atoms with van der Waals surface area (Å²) in [6.45, 7) is 6.36. The van der Waals surface area contributed by atoms with E-state index in [4.69, 9.17) is 19.9 Å². The molecule has 440 valence electrons. The van der Waals surface area contributed by atoms with Crippen molar-refractivity contribution in [1.82, 2.24) is 38.2 Å². The average Bonchev–Trinajstić information content (AvgIpc) is 1.55. The minimum absolute atomic E-state index is 0.292.